The highest BCUT2D eigenvalue weighted by Crippen LogP contribution is 2.47. The first-order chi connectivity index (χ1) is 6.15. The van der Waals surface area contributed by atoms with Crippen molar-refractivity contribution >= 4 is 5.91 Å². The molecule has 1 saturated carbocycles. The van der Waals surface area contributed by atoms with Gasteiger partial charge in [0.2, 0.25) is 5.91 Å². The van der Waals surface area contributed by atoms with Crippen LogP contribution in [0.25, 0.3) is 0 Å². The summed E-state index contributed by atoms with van der Waals surface area (Å²) < 4.78 is 0. The van der Waals surface area contributed by atoms with E-state index in [1.54, 1.807) is 24.3 Å². The molecule has 3 nitrogen and oxygen atoms in total. The van der Waals surface area contributed by atoms with Gasteiger partial charge in [-0.3, -0.25) is 4.79 Å². The summed E-state index contributed by atoms with van der Waals surface area (Å²) in [6, 6.07) is 6.68. The molecule has 13 heavy (non-hydrogen) atoms. The second-order valence-corrected chi connectivity index (χ2v) is 3.49. The summed E-state index contributed by atoms with van der Waals surface area (Å²) in [6.07, 6.45) is 1.65. The van der Waals surface area contributed by atoms with Gasteiger partial charge in [-0.05, 0) is 30.5 Å². The van der Waals surface area contributed by atoms with Crippen LogP contribution in [0.2, 0.25) is 0 Å². The van der Waals surface area contributed by atoms with Gasteiger partial charge in [-0.2, -0.15) is 0 Å². The number of phenolic OH excluding ortho intramolecular Hbond substituents is 1. The summed E-state index contributed by atoms with van der Waals surface area (Å²) in [4.78, 5) is 11.1. The fraction of sp³-hybridized carbons (Fsp3) is 0.300. The fourth-order valence-electron chi connectivity index (χ4n) is 1.58. The fourth-order valence-corrected chi connectivity index (χ4v) is 1.58. The Balaban J connectivity index is 2.36. The monoisotopic (exact) mass is 177 g/mol. The number of carbonyl (C=O) groups excluding carboxylic acids is 1. The van der Waals surface area contributed by atoms with Gasteiger partial charge in [0.05, 0.1) is 5.41 Å². The molecule has 0 bridgehead atoms. The van der Waals surface area contributed by atoms with Gasteiger partial charge in [-0.1, -0.05) is 12.1 Å². The molecule has 3 N–H and O–H groups in total. The lowest BCUT2D eigenvalue weighted by Gasteiger charge is -2.10. The Morgan fingerprint density at radius 3 is 2.23 bits per heavy atom. The topological polar surface area (TPSA) is 63.3 Å². The zero-order valence-corrected chi connectivity index (χ0v) is 7.16. The average Bonchev–Trinajstić information content (AvgIpc) is 2.86. The van der Waals surface area contributed by atoms with Gasteiger partial charge in [0.1, 0.15) is 5.75 Å². The molecule has 1 aliphatic rings. The first-order valence-corrected chi connectivity index (χ1v) is 4.24. The molecular weight excluding hydrogens is 166 g/mol. The molecular formula is C10H11NO2. The van der Waals surface area contributed by atoms with E-state index in [-0.39, 0.29) is 11.7 Å². The highest BCUT2D eigenvalue weighted by Gasteiger charge is 2.49. The van der Waals surface area contributed by atoms with E-state index in [1.807, 2.05) is 0 Å². The van der Waals surface area contributed by atoms with Crippen LogP contribution >= 0.6 is 0 Å². The third-order valence-electron chi connectivity index (χ3n) is 2.64. The minimum Gasteiger partial charge on any atom is -0.508 e. The Labute approximate surface area is 76.2 Å². The van der Waals surface area contributed by atoms with Crippen LogP contribution in [0.3, 0.4) is 0 Å². The highest BCUT2D eigenvalue weighted by atomic mass is 16.3. The zero-order chi connectivity index (χ0) is 9.47. The lowest BCUT2D eigenvalue weighted by atomic mass is 9.95. The van der Waals surface area contributed by atoms with Gasteiger partial charge in [0.25, 0.3) is 0 Å². The molecule has 1 fully saturated rings. The maximum Gasteiger partial charge on any atom is 0.228 e. The number of nitrogens with two attached hydrogens (primary N) is 1. The van der Waals surface area contributed by atoms with Crippen molar-refractivity contribution in [1.82, 2.24) is 0 Å². The quantitative estimate of drug-likeness (QED) is 0.705. The molecule has 3 heteroatoms. The molecule has 0 unspecified atom stereocenters. The van der Waals surface area contributed by atoms with Crippen LogP contribution in [0.5, 0.6) is 5.75 Å². The number of rotatable bonds is 2. The van der Waals surface area contributed by atoms with Crippen LogP contribution in [-0.4, -0.2) is 11.0 Å². The second kappa shape index (κ2) is 2.49. The van der Waals surface area contributed by atoms with E-state index in [9.17, 15) is 4.79 Å². The Bertz CT molecular complexity index is 338. The molecule has 0 heterocycles. The third kappa shape index (κ3) is 1.16. The minimum absolute atomic E-state index is 0.212. The summed E-state index contributed by atoms with van der Waals surface area (Å²) in [5.74, 6) is -0.0535. The van der Waals surface area contributed by atoms with Crippen LogP contribution in [0.15, 0.2) is 24.3 Å². The molecule has 0 aliphatic heterocycles. The summed E-state index contributed by atoms with van der Waals surface area (Å²) in [5, 5.41) is 9.07. The maximum atomic E-state index is 11.1. The van der Waals surface area contributed by atoms with Gasteiger partial charge in [-0.15, -0.1) is 0 Å². The largest absolute Gasteiger partial charge is 0.508 e. The summed E-state index contributed by atoms with van der Waals surface area (Å²) >= 11 is 0. The SMILES string of the molecule is NC(=O)C1(c2ccc(O)cc2)CC1. The van der Waals surface area contributed by atoms with Crippen molar-refractivity contribution in [2.24, 2.45) is 5.73 Å². The van der Waals surface area contributed by atoms with Gasteiger partial charge in [-0.25, -0.2) is 0 Å². The van der Waals surface area contributed by atoms with Crippen molar-refractivity contribution in [3.8, 4) is 5.75 Å². The number of aromatic hydroxyl groups is 1. The van der Waals surface area contributed by atoms with Crippen molar-refractivity contribution < 1.29 is 9.90 Å². The predicted octanol–water partition coefficient (Wildman–Crippen LogP) is 0.909. The van der Waals surface area contributed by atoms with Crippen molar-refractivity contribution in [3.63, 3.8) is 0 Å². The molecule has 0 atom stereocenters. The van der Waals surface area contributed by atoms with E-state index >= 15 is 0 Å². The molecule has 1 aromatic carbocycles. The molecule has 0 saturated heterocycles. The molecule has 1 aromatic rings. The molecule has 0 aromatic heterocycles. The number of hydrogen-bond acceptors (Lipinski definition) is 2. The van der Waals surface area contributed by atoms with Gasteiger partial charge in [0, 0.05) is 0 Å². The smallest absolute Gasteiger partial charge is 0.228 e. The van der Waals surface area contributed by atoms with Gasteiger partial charge in [0.15, 0.2) is 0 Å². The van der Waals surface area contributed by atoms with Crippen molar-refractivity contribution in [1.29, 1.82) is 0 Å². The molecule has 0 spiro atoms. The number of carbonyl (C=O) groups is 1. The normalized spacial score (nSPS) is 18.2. The van der Waals surface area contributed by atoms with Crippen LogP contribution in [-0.2, 0) is 10.2 Å². The van der Waals surface area contributed by atoms with E-state index < -0.39 is 5.41 Å². The van der Waals surface area contributed by atoms with Crippen molar-refractivity contribution in [3.05, 3.63) is 29.8 Å². The Kier molecular flexibility index (Phi) is 1.55. The Morgan fingerprint density at radius 1 is 1.31 bits per heavy atom. The lowest BCUT2D eigenvalue weighted by Crippen LogP contribution is -2.28. The van der Waals surface area contributed by atoms with E-state index in [4.69, 9.17) is 10.8 Å². The first-order valence-electron chi connectivity index (χ1n) is 4.24. The van der Waals surface area contributed by atoms with E-state index in [2.05, 4.69) is 0 Å². The zero-order valence-electron chi connectivity index (χ0n) is 7.16. The van der Waals surface area contributed by atoms with E-state index in [1.165, 1.54) is 0 Å². The summed E-state index contributed by atoms with van der Waals surface area (Å²) in [7, 11) is 0. The number of phenols is 1. The van der Waals surface area contributed by atoms with Gasteiger partial charge < -0.3 is 10.8 Å². The highest BCUT2D eigenvalue weighted by molar-refractivity contribution is 5.89. The number of amides is 1. The van der Waals surface area contributed by atoms with Crippen LogP contribution in [0.1, 0.15) is 18.4 Å². The number of benzene rings is 1. The van der Waals surface area contributed by atoms with E-state index in [0.717, 1.165) is 18.4 Å². The molecule has 1 aliphatic carbocycles. The average molecular weight is 177 g/mol. The lowest BCUT2D eigenvalue weighted by molar-refractivity contribution is -0.120. The summed E-state index contributed by atoms with van der Waals surface area (Å²) in [5.41, 5.74) is 5.78. The standard InChI is InChI=1S/C10H11NO2/c11-9(13)10(5-6-10)7-1-3-8(12)4-2-7/h1-4,12H,5-6H2,(H2,11,13). The van der Waals surface area contributed by atoms with Crippen LogP contribution in [0, 0.1) is 0 Å². The molecule has 1 amide bonds. The van der Waals surface area contributed by atoms with Gasteiger partial charge >= 0.3 is 0 Å². The maximum absolute atomic E-state index is 11.1. The first kappa shape index (κ1) is 8.10. The minimum atomic E-state index is -0.437. The van der Waals surface area contributed by atoms with Crippen LogP contribution < -0.4 is 5.73 Å². The molecule has 68 valence electrons. The third-order valence-corrected chi connectivity index (χ3v) is 2.64. The number of primary amides is 1. The van der Waals surface area contributed by atoms with Crippen molar-refractivity contribution in [2.45, 2.75) is 18.3 Å². The van der Waals surface area contributed by atoms with Crippen LogP contribution in [0.4, 0.5) is 0 Å². The van der Waals surface area contributed by atoms with Crippen molar-refractivity contribution in [2.75, 3.05) is 0 Å². The Hall–Kier alpha value is -1.51. The Morgan fingerprint density at radius 2 is 1.85 bits per heavy atom. The second-order valence-electron chi connectivity index (χ2n) is 3.49. The van der Waals surface area contributed by atoms with E-state index in [0.29, 0.717) is 0 Å². The molecule has 2 rings (SSSR count). The number of hydrogen-bond donors (Lipinski definition) is 2. The predicted molar refractivity (Wildman–Crippen MR) is 48.2 cm³/mol. The summed E-state index contributed by atoms with van der Waals surface area (Å²) in [6.45, 7) is 0. The molecule has 0 radical (unpaired) electrons.